The van der Waals surface area contributed by atoms with Gasteiger partial charge in [0.1, 0.15) is 5.75 Å². The molecule has 80 valence electrons. The second-order valence-corrected chi connectivity index (χ2v) is 2.75. The van der Waals surface area contributed by atoms with Crippen molar-refractivity contribution in [1.82, 2.24) is 0 Å². The third-order valence-corrected chi connectivity index (χ3v) is 1.92. The van der Waals surface area contributed by atoms with Gasteiger partial charge in [0.15, 0.2) is 0 Å². The molecule has 5 heteroatoms. The summed E-state index contributed by atoms with van der Waals surface area (Å²) in [5.41, 5.74) is 0.512. The quantitative estimate of drug-likeness (QED) is 0.251. The Morgan fingerprint density at radius 2 is 1.81 bits per heavy atom. The van der Waals surface area contributed by atoms with Gasteiger partial charge in [-0.3, -0.25) is 0 Å². The molecular formula is C11H11NaO4. The molecule has 1 aromatic rings. The Balaban J connectivity index is 0.00000225. The molecule has 1 aromatic carbocycles. The minimum atomic E-state index is -0.643. The fourth-order valence-electron chi connectivity index (χ4n) is 1.11. The largest absolute Gasteiger partial charge is 1.00 e. The Morgan fingerprint density at radius 3 is 2.19 bits per heavy atom. The molecular weight excluding hydrogens is 219 g/mol. The van der Waals surface area contributed by atoms with E-state index in [2.05, 4.69) is 4.74 Å². The third kappa shape index (κ3) is 3.56. The summed E-state index contributed by atoms with van der Waals surface area (Å²) in [5, 5.41) is 10.7. The Hall–Kier alpha value is -0.970. The number of carbonyl (C=O) groups is 1. The van der Waals surface area contributed by atoms with Gasteiger partial charge in [0.25, 0.3) is 0 Å². The van der Waals surface area contributed by atoms with E-state index in [0.717, 1.165) is 0 Å². The number of hydrogen-bond donors (Lipinski definition) is 0. The molecule has 0 bridgehead atoms. The van der Waals surface area contributed by atoms with Crippen LogP contribution in [-0.4, -0.2) is 20.2 Å². The smallest absolute Gasteiger partial charge is 0.877 e. The van der Waals surface area contributed by atoms with Crippen LogP contribution in [0.3, 0.4) is 0 Å². The maximum atomic E-state index is 11.2. The van der Waals surface area contributed by atoms with Gasteiger partial charge in [0.2, 0.25) is 0 Å². The average Bonchev–Trinajstić information content (AvgIpc) is 2.30. The molecule has 0 fully saturated rings. The summed E-state index contributed by atoms with van der Waals surface area (Å²) in [6.45, 7) is 0. The van der Waals surface area contributed by atoms with Crippen molar-refractivity contribution in [2.24, 2.45) is 0 Å². The molecule has 0 saturated heterocycles. The number of rotatable bonds is 3. The van der Waals surface area contributed by atoms with Gasteiger partial charge >= 0.3 is 35.5 Å². The summed E-state index contributed by atoms with van der Waals surface area (Å²) in [4.78, 5) is 11.2. The summed E-state index contributed by atoms with van der Waals surface area (Å²) in [7, 11) is 2.77. The van der Waals surface area contributed by atoms with E-state index in [1.54, 1.807) is 31.4 Å². The van der Waals surface area contributed by atoms with Crippen LogP contribution in [0.15, 0.2) is 30.5 Å². The van der Waals surface area contributed by atoms with Crippen LogP contribution in [0.1, 0.15) is 5.56 Å². The van der Waals surface area contributed by atoms with Gasteiger partial charge in [0.05, 0.1) is 19.8 Å². The molecule has 0 N–H and O–H groups in total. The van der Waals surface area contributed by atoms with E-state index in [0.29, 0.717) is 17.6 Å². The summed E-state index contributed by atoms with van der Waals surface area (Å²) >= 11 is 0. The van der Waals surface area contributed by atoms with E-state index >= 15 is 0 Å². The van der Waals surface area contributed by atoms with Crippen LogP contribution in [0.4, 0.5) is 0 Å². The summed E-state index contributed by atoms with van der Waals surface area (Å²) in [6, 6.07) is 6.59. The zero-order chi connectivity index (χ0) is 11.3. The molecule has 0 unspecified atom stereocenters. The Bertz CT molecular complexity index is 370. The van der Waals surface area contributed by atoms with E-state index in [4.69, 9.17) is 4.74 Å². The van der Waals surface area contributed by atoms with Gasteiger partial charge in [-0.15, -0.1) is 6.26 Å². The summed E-state index contributed by atoms with van der Waals surface area (Å²) in [6.07, 6.45) is 0.480. The van der Waals surface area contributed by atoms with Crippen molar-refractivity contribution in [3.63, 3.8) is 0 Å². The maximum Gasteiger partial charge on any atom is 1.00 e. The normalized spacial score (nSPS) is 10.2. The molecule has 16 heavy (non-hydrogen) atoms. The number of esters is 1. The molecule has 0 atom stereocenters. The zero-order valence-corrected chi connectivity index (χ0v) is 11.5. The van der Waals surface area contributed by atoms with E-state index in [1.165, 1.54) is 7.11 Å². The van der Waals surface area contributed by atoms with Crippen LogP contribution < -0.4 is 39.4 Å². The topological polar surface area (TPSA) is 58.6 Å². The van der Waals surface area contributed by atoms with E-state index < -0.39 is 5.97 Å². The number of methoxy groups -OCH3 is 2. The molecule has 0 aliphatic carbocycles. The first-order chi connectivity index (χ1) is 7.22. The zero-order valence-electron chi connectivity index (χ0n) is 9.52. The van der Waals surface area contributed by atoms with Crippen molar-refractivity contribution in [3.8, 4) is 5.75 Å². The second kappa shape index (κ2) is 7.33. The van der Waals surface area contributed by atoms with Gasteiger partial charge < -0.3 is 14.6 Å². The first-order valence-electron chi connectivity index (χ1n) is 4.27. The van der Waals surface area contributed by atoms with E-state index in [9.17, 15) is 9.90 Å². The Morgan fingerprint density at radius 1 is 1.25 bits per heavy atom. The first-order valence-corrected chi connectivity index (χ1v) is 4.27. The fraction of sp³-hybridized carbons (Fsp3) is 0.182. The monoisotopic (exact) mass is 230 g/mol. The van der Waals surface area contributed by atoms with Gasteiger partial charge in [0, 0.05) is 0 Å². The summed E-state index contributed by atoms with van der Waals surface area (Å²) in [5.74, 6) is 0.0176. The van der Waals surface area contributed by atoms with Crippen molar-refractivity contribution in [1.29, 1.82) is 0 Å². The molecule has 0 aromatic heterocycles. The van der Waals surface area contributed by atoms with Crippen LogP contribution >= 0.6 is 0 Å². The number of hydrogen-bond acceptors (Lipinski definition) is 4. The fourth-order valence-corrected chi connectivity index (χ4v) is 1.11. The van der Waals surface area contributed by atoms with Crippen LogP contribution in [0.2, 0.25) is 0 Å². The van der Waals surface area contributed by atoms with Crippen molar-refractivity contribution < 1.29 is 48.9 Å². The molecule has 0 heterocycles. The third-order valence-electron chi connectivity index (χ3n) is 1.92. The van der Waals surface area contributed by atoms with Gasteiger partial charge in [-0.25, -0.2) is 4.79 Å². The minimum absolute atomic E-state index is 0. The van der Waals surface area contributed by atoms with Crippen LogP contribution in [0.5, 0.6) is 5.75 Å². The van der Waals surface area contributed by atoms with Crippen molar-refractivity contribution in [3.05, 3.63) is 36.1 Å². The predicted octanol–water partition coefficient (Wildman–Crippen LogP) is -2.43. The molecule has 1 rings (SSSR count). The molecule has 0 radical (unpaired) electrons. The number of ether oxygens (including phenoxy) is 2. The number of carbonyl (C=O) groups excluding carboxylic acids is 1. The van der Waals surface area contributed by atoms with Crippen LogP contribution in [0.25, 0.3) is 5.57 Å². The van der Waals surface area contributed by atoms with E-state index in [-0.39, 0.29) is 35.1 Å². The number of benzene rings is 1. The average molecular weight is 230 g/mol. The molecule has 0 aliphatic rings. The van der Waals surface area contributed by atoms with Gasteiger partial charge in [-0.2, -0.15) is 0 Å². The Kier molecular flexibility index (Phi) is 6.88. The summed E-state index contributed by atoms with van der Waals surface area (Å²) < 4.78 is 9.43. The van der Waals surface area contributed by atoms with Gasteiger partial charge in [-0.05, 0) is 17.7 Å². The second-order valence-electron chi connectivity index (χ2n) is 2.75. The van der Waals surface area contributed by atoms with Crippen molar-refractivity contribution >= 4 is 11.5 Å². The predicted molar refractivity (Wildman–Crippen MR) is 53.0 cm³/mol. The first kappa shape index (κ1) is 15.0. The van der Waals surface area contributed by atoms with E-state index in [1.807, 2.05) is 0 Å². The molecule has 4 nitrogen and oxygen atoms in total. The molecule has 0 amide bonds. The molecule has 0 spiro atoms. The van der Waals surface area contributed by atoms with Crippen molar-refractivity contribution in [2.45, 2.75) is 0 Å². The van der Waals surface area contributed by atoms with Gasteiger partial charge in [-0.1, -0.05) is 12.1 Å². The molecule has 0 aliphatic heterocycles. The standard InChI is InChI=1S/C11H12O4.Na/c1-14-9-5-3-8(4-6-9)10(7-12)11(13)15-2;/h3-7,12H,1-2H3;/q;+1/p-1/b10-7-;. The van der Waals surface area contributed by atoms with Crippen molar-refractivity contribution in [2.75, 3.05) is 14.2 Å². The van der Waals surface area contributed by atoms with Crippen LogP contribution in [-0.2, 0) is 9.53 Å². The maximum absolute atomic E-state index is 11.2. The molecule has 0 saturated carbocycles. The Labute approximate surface area is 116 Å². The van der Waals surface area contributed by atoms with Crippen LogP contribution in [0, 0.1) is 0 Å². The SMILES string of the molecule is COC(=O)/C(=C\[O-])c1ccc(OC)cc1.[Na+]. The minimum Gasteiger partial charge on any atom is -0.877 e.